The average Bonchev–Trinajstić information content (AvgIpc) is 2.47. The van der Waals surface area contributed by atoms with Crippen LogP contribution in [0, 0.1) is 11.6 Å². The smallest absolute Gasteiger partial charge is 0.377 e. The first-order valence-corrected chi connectivity index (χ1v) is 8.59. The number of aryl methyl sites for hydroxylation is 1. The number of rotatable bonds is 9. The highest BCUT2D eigenvalue weighted by Gasteiger charge is 2.36. The van der Waals surface area contributed by atoms with E-state index in [4.69, 9.17) is 13.3 Å². The summed E-state index contributed by atoms with van der Waals surface area (Å²) in [7, 11) is 2.32. The van der Waals surface area contributed by atoms with Gasteiger partial charge in [-0.1, -0.05) is 12.5 Å². The molecule has 114 valence electrons. The molecule has 0 amide bonds. The molecule has 0 saturated carbocycles. The van der Waals surface area contributed by atoms with Crippen molar-refractivity contribution in [3.8, 4) is 0 Å². The maximum Gasteiger partial charge on any atom is 0.500 e. The molecule has 0 fully saturated rings. The van der Waals surface area contributed by atoms with E-state index in [2.05, 4.69) is 0 Å². The average molecular weight is 304 g/mol. The maximum absolute atomic E-state index is 13.0. The summed E-state index contributed by atoms with van der Waals surface area (Å²) in [6, 6.07) is 4.81. The largest absolute Gasteiger partial charge is 0.500 e. The number of unbranched alkanes of at least 4 members (excludes halogenated alkanes) is 2. The minimum Gasteiger partial charge on any atom is -0.377 e. The fraction of sp³-hybridized carbons (Fsp3) is 0.571. The predicted molar refractivity (Wildman–Crippen MR) is 75.5 cm³/mol. The summed E-state index contributed by atoms with van der Waals surface area (Å²) >= 11 is 0. The normalized spacial score (nSPS) is 11.8. The molecule has 0 unspecified atom stereocenters. The van der Waals surface area contributed by atoms with Gasteiger partial charge < -0.3 is 13.3 Å². The van der Waals surface area contributed by atoms with Crippen LogP contribution in [0.5, 0.6) is 0 Å². The molecule has 6 heteroatoms. The Kier molecular flexibility index (Phi) is 7.29. The Morgan fingerprint density at radius 3 is 2.10 bits per heavy atom. The molecule has 0 aliphatic rings. The lowest BCUT2D eigenvalue weighted by Gasteiger charge is -2.24. The maximum atomic E-state index is 13.0. The van der Waals surface area contributed by atoms with Gasteiger partial charge in [0.2, 0.25) is 0 Å². The predicted octanol–water partition coefficient (Wildman–Crippen LogP) is 3.56. The number of halogens is 2. The SMILES string of the molecule is CO[Si](CCCCCc1ccc(F)c(F)c1)(OC)OC. The van der Waals surface area contributed by atoms with Crippen molar-refractivity contribution in [1.82, 2.24) is 0 Å². The van der Waals surface area contributed by atoms with Crippen molar-refractivity contribution < 1.29 is 22.1 Å². The highest BCUT2D eigenvalue weighted by molar-refractivity contribution is 6.60. The van der Waals surface area contributed by atoms with Crippen molar-refractivity contribution in [3.05, 3.63) is 35.4 Å². The molecule has 1 rings (SSSR count). The molecule has 3 nitrogen and oxygen atoms in total. The summed E-state index contributed by atoms with van der Waals surface area (Å²) < 4.78 is 41.8. The van der Waals surface area contributed by atoms with E-state index in [9.17, 15) is 8.78 Å². The summed E-state index contributed by atoms with van der Waals surface area (Å²) in [6.07, 6.45) is 3.53. The Hall–Kier alpha value is -0.823. The first-order valence-electron chi connectivity index (χ1n) is 6.66. The number of hydrogen-bond donors (Lipinski definition) is 0. The third-order valence-corrected chi connectivity index (χ3v) is 6.20. The van der Waals surface area contributed by atoms with Gasteiger partial charge in [0.25, 0.3) is 0 Å². The number of hydrogen-bond acceptors (Lipinski definition) is 3. The van der Waals surface area contributed by atoms with Crippen molar-refractivity contribution in [2.45, 2.75) is 31.7 Å². The van der Waals surface area contributed by atoms with Crippen LogP contribution in [-0.4, -0.2) is 30.1 Å². The number of benzene rings is 1. The second-order valence-electron chi connectivity index (χ2n) is 4.60. The zero-order valence-electron chi connectivity index (χ0n) is 12.2. The topological polar surface area (TPSA) is 27.7 Å². The van der Waals surface area contributed by atoms with Crippen LogP contribution >= 0.6 is 0 Å². The Morgan fingerprint density at radius 1 is 0.900 bits per heavy atom. The van der Waals surface area contributed by atoms with Crippen LogP contribution in [0.3, 0.4) is 0 Å². The van der Waals surface area contributed by atoms with Crippen LogP contribution in [0.2, 0.25) is 6.04 Å². The molecule has 0 saturated heterocycles. The molecule has 0 bridgehead atoms. The van der Waals surface area contributed by atoms with Gasteiger partial charge in [0, 0.05) is 27.4 Å². The monoisotopic (exact) mass is 304 g/mol. The van der Waals surface area contributed by atoms with Gasteiger partial charge in [-0.25, -0.2) is 8.78 Å². The zero-order valence-corrected chi connectivity index (χ0v) is 13.2. The fourth-order valence-electron chi connectivity index (χ4n) is 2.10. The van der Waals surface area contributed by atoms with Gasteiger partial charge in [0.15, 0.2) is 11.6 Å². The minimum absolute atomic E-state index is 0.735. The quantitative estimate of drug-likeness (QED) is 0.516. The Bertz CT molecular complexity index is 403. The summed E-state index contributed by atoms with van der Waals surface area (Å²) in [6.45, 7) is 0. The Labute approximate surface area is 120 Å². The summed E-state index contributed by atoms with van der Waals surface area (Å²) in [5.41, 5.74) is 0.817. The van der Waals surface area contributed by atoms with Crippen molar-refractivity contribution in [2.75, 3.05) is 21.3 Å². The summed E-state index contributed by atoms with van der Waals surface area (Å²) in [4.78, 5) is 0. The first kappa shape index (κ1) is 17.2. The van der Waals surface area contributed by atoms with E-state index in [0.717, 1.165) is 37.3 Å². The first-order chi connectivity index (χ1) is 9.56. The van der Waals surface area contributed by atoms with Crippen LogP contribution in [0.1, 0.15) is 24.8 Å². The molecular weight excluding hydrogens is 282 g/mol. The molecule has 0 aromatic heterocycles. The summed E-state index contributed by atoms with van der Waals surface area (Å²) in [5, 5.41) is 0. The third kappa shape index (κ3) is 4.94. The molecule has 0 spiro atoms. The van der Waals surface area contributed by atoms with E-state index >= 15 is 0 Å². The second kappa shape index (κ2) is 8.46. The van der Waals surface area contributed by atoms with E-state index in [-0.39, 0.29) is 0 Å². The van der Waals surface area contributed by atoms with Gasteiger partial charge in [0.05, 0.1) is 0 Å². The molecule has 1 aromatic carbocycles. The fourth-order valence-corrected chi connectivity index (χ4v) is 3.89. The van der Waals surface area contributed by atoms with E-state index in [0.29, 0.717) is 0 Å². The van der Waals surface area contributed by atoms with Gasteiger partial charge in [-0.2, -0.15) is 0 Å². The van der Waals surface area contributed by atoms with Crippen LogP contribution in [0.4, 0.5) is 8.78 Å². The third-order valence-electron chi connectivity index (χ3n) is 3.37. The molecule has 0 heterocycles. The second-order valence-corrected chi connectivity index (χ2v) is 7.70. The van der Waals surface area contributed by atoms with Gasteiger partial charge >= 0.3 is 8.80 Å². The Balaban J connectivity index is 2.29. The van der Waals surface area contributed by atoms with Crippen LogP contribution in [0.25, 0.3) is 0 Å². The lowest BCUT2D eigenvalue weighted by Crippen LogP contribution is -2.42. The van der Waals surface area contributed by atoms with Gasteiger partial charge in [-0.3, -0.25) is 0 Å². The van der Waals surface area contributed by atoms with Crippen molar-refractivity contribution in [3.63, 3.8) is 0 Å². The molecule has 20 heavy (non-hydrogen) atoms. The Morgan fingerprint density at radius 2 is 1.55 bits per heavy atom. The van der Waals surface area contributed by atoms with Crippen LogP contribution in [0.15, 0.2) is 18.2 Å². The van der Waals surface area contributed by atoms with Crippen molar-refractivity contribution in [2.24, 2.45) is 0 Å². The molecule has 1 aromatic rings. The zero-order chi connectivity index (χ0) is 15.0. The lowest BCUT2D eigenvalue weighted by molar-refractivity contribution is 0.122. The molecule has 0 radical (unpaired) electrons. The van der Waals surface area contributed by atoms with Crippen molar-refractivity contribution in [1.29, 1.82) is 0 Å². The molecule has 0 aliphatic heterocycles. The molecular formula is C14H22F2O3Si. The highest BCUT2D eigenvalue weighted by atomic mass is 28.4. The van der Waals surface area contributed by atoms with E-state index in [1.807, 2.05) is 0 Å². The molecule has 0 atom stereocenters. The molecule has 0 N–H and O–H groups in total. The lowest BCUT2D eigenvalue weighted by atomic mass is 10.1. The van der Waals surface area contributed by atoms with Crippen molar-refractivity contribution >= 4 is 8.80 Å². The standard InChI is InChI=1S/C14H22F2O3Si/c1-17-20(18-2,19-3)10-6-4-5-7-12-8-9-13(15)14(16)11-12/h8-9,11H,4-7,10H2,1-3H3. The highest BCUT2D eigenvalue weighted by Crippen LogP contribution is 2.18. The van der Waals surface area contributed by atoms with Gasteiger partial charge in [0.1, 0.15) is 0 Å². The molecule has 0 aliphatic carbocycles. The van der Waals surface area contributed by atoms with E-state index in [1.165, 1.54) is 12.1 Å². The van der Waals surface area contributed by atoms with E-state index in [1.54, 1.807) is 27.4 Å². The van der Waals surface area contributed by atoms with Gasteiger partial charge in [-0.05, 0) is 37.0 Å². The van der Waals surface area contributed by atoms with Crippen LogP contribution in [-0.2, 0) is 19.7 Å². The minimum atomic E-state index is -2.47. The van der Waals surface area contributed by atoms with E-state index < -0.39 is 20.4 Å². The summed E-state index contributed by atoms with van der Waals surface area (Å²) in [5.74, 6) is -1.59. The van der Waals surface area contributed by atoms with Crippen LogP contribution < -0.4 is 0 Å². The van der Waals surface area contributed by atoms with Gasteiger partial charge in [-0.15, -0.1) is 0 Å².